The standard InChI is InChI=1S/C4H8O2.2C4H10.Sn/c1-3(5)4(2)6;2*1-3-4-2;/h3-4H,1-2H3;2*3-4H2,1-2H3;/q-2;;;+2. The first-order valence-corrected chi connectivity index (χ1v) is 5.79. The van der Waals surface area contributed by atoms with E-state index in [-0.39, 0.29) is 23.9 Å². The van der Waals surface area contributed by atoms with Crippen LogP contribution >= 0.6 is 0 Å². The van der Waals surface area contributed by atoms with Crippen molar-refractivity contribution in [2.75, 3.05) is 0 Å². The van der Waals surface area contributed by atoms with E-state index in [1.54, 1.807) is 0 Å². The van der Waals surface area contributed by atoms with Crippen LogP contribution in [0.1, 0.15) is 67.2 Å². The molecule has 2 atom stereocenters. The summed E-state index contributed by atoms with van der Waals surface area (Å²) in [5, 5.41) is 19.8. The van der Waals surface area contributed by atoms with E-state index in [9.17, 15) is 10.2 Å². The van der Waals surface area contributed by atoms with Gasteiger partial charge in [-0.05, 0) is 0 Å². The zero-order valence-corrected chi connectivity index (χ0v) is 14.2. The fourth-order valence-corrected chi connectivity index (χ4v) is 0. The fraction of sp³-hybridized carbons (Fsp3) is 1.00. The second kappa shape index (κ2) is 24.1. The van der Waals surface area contributed by atoms with Crippen LogP contribution < -0.4 is 10.2 Å². The van der Waals surface area contributed by atoms with Crippen molar-refractivity contribution in [3.63, 3.8) is 0 Å². The molecule has 0 aliphatic heterocycles. The van der Waals surface area contributed by atoms with Gasteiger partial charge in [-0.3, -0.25) is 0 Å². The summed E-state index contributed by atoms with van der Waals surface area (Å²) in [6, 6.07) is 0. The molecule has 15 heavy (non-hydrogen) atoms. The van der Waals surface area contributed by atoms with Gasteiger partial charge in [0.2, 0.25) is 0 Å². The minimum Gasteiger partial charge on any atom is -0.853 e. The monoisotopic (exact) mass is 324 g/mol. The molecule has 0 rings (SSSR count). The molecule has 2 nitrogen and oxygen atoms in total. The first-order chi connectivity index (χ1) is 6.47. The van der Waals surface area contributed by atoms with Gasteiger partial charge in [-0.15, -0.1) is 12.2 Å². The van der Waals surface area contributed by atoms with Crippen LogP contribution in [-0.2, 0) is 0 Å². The molecule has 0 aromatic carbocycles. The van der Waals surface area contributed by atoms with E-state index in [4.69, 9.17) is 0 Å². The van der Waals surface area contributed by atoms with Gasteiger partial charge in [0.05, 0.1) is 0 Å². The molecule has 0 aromatic heterocycles. The molecule has 0 bridgehead atoms. The number of rotatable bonds is 3. The molecule has 0 amide bonds. The summed E-state index contributed by atoms with van der Waals surface area (Å²) in [5.74, 6) is 0. The molecule has 0 aromatic rings. The van der Waals surface area contributed by atoms with Crippen LogP contribution in [0, 0.1) is 0 Å². The van der Waals surface area contributed by atoms with Crippen molar-refractivity contribution in [3.05, 3.63) is 0 Å². The smallest absolute Gasteiger partial charge is 0.853 e. The van der Waals surface area contributed by atoms with Gasteiger partial charge in [0.15, 0.2) is 0 Å². The van der Waals surface area contributed by atoms with Crippen molar-refractivity contribution in [1.29, 1.82) is 0 Å². The number of hydrogen-bond donors (Lipinski definition) is 0. The molecule has 92 valence electrons. The van der Waals surface area contributed by atoms with Crippen molar-refractivity contribution in [2.24, 2.45) is 0 Å². The molecular formula is C12H28O2Sn. The zero-order chi connectivity index (χ0) is 12.0. The third-order valence-corrected chi connectivity index (χ3v) is 1.66. The minimum atomic E-state index is -0.954. The molecular weight excluding hydrogens is 295 g/mol. The normalized spacial score (nSPS) is 12.0. The van der Waals surface area contributed by atoms with E-state index in [2.05, 4.69) is 27.7 Å². The second-order valence-corrected chi connectivity index (χ2v) is 3.41. The summed E-state index contributed by atoms with van der Waals surface area (Å²) in [6.45, 7) is 11.5. The Balaban J connectivity index is -0.0000000606. The maximum absolute atomic E-state index is 9.91. The summed E-state index contributed by atoms with van der Waals surface area (Å²) in [5.41, 5.74) is 0. The van der Waals surface area contributed by atoms with Gasteiger partial charge in [-0.1, -0.05) is 67.2 Å². The van der Waals surface area contributed by atoms with E-state index in [1.165, 1.54) is 39.5 Å². The van der Waals surface area contributed by atoms with Gasteiger partial charge in [-0.25, -0.2) is 0 Å². The van der Waals surface area contributed by atoms with Crippen LogP contribution in [0.3, 0.4) is 0 Å². The largest absolute Gasteiger partial charge is 2.00 e. The Morgan fingerprint density at radius 3 is 0.800 bits per heavy atom. The molecule has 0 aliphatic carbocycles. The average molecular weight is 323 g/mol. The van der Waals surface area contributed by atoms with Crippen LogP contribution in [0.5, 0.6) is 0 Å². The molecule has 0 aliphatic rings. The maximum Gasteiger partial charge on any atom is 2.00 e. The molecule has 0 spiro atoms. The van der Waals surface area contributed by atoms with Crippen molar-refractivity contribution in [3.8, 4) is 0 Å². The molecule has 0 saturated carbocycles. The van der Waals surface area contributed by atoms with Gasteiger partial charge < -0.3 is 10.2 Å². The Morgan fingerprint density at radius 2 is 0.800 bits per heavy atom. The van der Waals surface area contributed by atoms with Crippen LogP contribution in [0.2, 0.25) is 0 Å². The van der Waals surface area contributed by atoms with Crippen LogP contribution in [-0.4, -0.2) is 36.1 Å². The Labute approximate surface area is 113 Å². The molecule has 2 unspecified atom stereocenters. The van der Waals surface area contributed by atoms with Gasteiger partial charge in [0, 0.05) is 0 Å². The van der Waals surface area contributed by atoms with Gasteiger partial charge in [0.1, 0.15) is 0 Å². The van der Waals surface area contributed by atoms with Crippen LogP contribution in [0.25, 0.3) is 0 Å². The van der Waals surface area contributed by atoms with Gasteiger partial charge in [0.25, 0.3) is 0 Å². The van der Waals surface area contributed by atoms with E-state index in [1.807, 2.05) is 0 Å². The topological polar surface area (TPSA) is 46.1 Å². The Bertz CT molecular complexity index is 62.0. The third kappa shape index (κ3) is 52.7. The SMILES string of the molecule is CC([O-])C(C)[O-].CCCC.CCCC.[Sn+2]. The maximum atomic E-state index is 9.91. The second-order valence-electron chi connectivity index (χ2n) is 3.41. The van der Waals surface area contributed by atoms with Crippen LogP contribution in [0.4, 0.5) is 0 Å². The van der Waals surface area contributed by atoms with Crippen molar-refractivity contribution < 1.29 is 10.2 Å². The van der Waals surface area contributed by atoms with Gasteiger partial charge >= 0.3 is 23.9 Å². The van der Waals surface area contributed by atoms with Gasteiger partial charge in [-0.2, -0.15) is 0 Å². The summed E-state index contributed by atoms with van der Waals surface area (Å²) in [7, 11) is 0. The first kappa shape index (κ1) is 24.8. The Kier molecular flexibility index (Phi) is 39.9. The molecule has 0 fully saturated rings. The number of unbranched alkanes of at least 4 members (excludes halogenated alkanes) is 2. The Hall–Kier alpha value is 0.719. The summed E-state index contributed by atoms with van der Waals surface area (Å²) < 4.78 is 0. The Morgan fingerprint density at radius 1 is 0.667 bits per heavy atom. The summed E-state index contributed by atoms with van der Waals surface area (Å²) in [6.07, 6.45) is 3.37. The molecule has 3 heteroatoms. The number of hydrogen-bond acceptors (Lipinski definition) is 2. The van der Waals surface area contributed by atoms with Crippen molar-refractivity contribution in [1.82, 2.24) is 0 Å². The first-order valence-electron chi connectivity index (χ1n) is 5.79. The predicted molar refractivity (Wildman–Crippen MR) is 65.8 cm³/mol. The predicted octanol–water partition coefficient (Wildman–Crippen LogP) is 1.72. The van der Waals surface area contributed by atoms with Crippen molar-refractivity contribution in [2.45, 2.75) is 79.4 Å². The molecule has 0 N–H and O–H groups in total. The third-order valence-electron chi connectivity index (χ3n) is 1.66. The summed E-state index contributed by atoms with van der Waals surface area (Å²) >= 11 is 0. The van der Waals surface area contributed by atoms with E-state index in [0.29, 0.717) is 0 Å². The quantitative estimate of drug-likeness (QED) is 0.743. The fourth-order valence-electron chi connectivity index (χ4n) is 0. The molecule has 0 heterocycles. The molecule has 0 saturated heterocycles. The van der Waals surface area contributed by atoms with E-state index < -0.39 is 12.2 Å². The van der Waals surface area contributed by atoms with E-state index in [0.717, 1.165) is 0 Å². The summed E-state index contributed by atoms with van der Waals surface area (Å²) in [4.78, 5) is 0. The molecule has 2 radical (unpaired) electrons. The minimum absolute atomic E-state index is 0. The van der Waals surface area contributed by atoms with E-state index >= 15 is 0 Å². The zero-order valence-electron chi connectivity index (χ0n) is 11.3. The average Bonchev–Trinajstić information content (AvgIpc) is 2.18. The van der Waals surface area contributed by atoms with Crippen LogP contribution in [0.15, 0.2) is 0 Å². The van der Waals surface area contributed by atoms with Crippen molar-refractivity contribution >= 4 is 23.9 Å².